The molecule has 1 aliphatic rings. The third-order valence-corrected chi connectivity index (χ3v) is 3.59. The summed E-state index contributed by atoms with van der Waals surface area (Å²) in [4.78, 5) is 28.6. The number of amides is 1. The van der Waals surface area contributed by atoms with Gasteiger partial charge in [-0.1, -0.05) is 0 Å². The van der Waals surface area contributed by atoms with Crippen molar-refractivity contribution in [1.29, 1.82) is 0 Å². The first kappa shape index (κ1) is 14.0. The Morgan fingerprint density at radius 2 is 2.26 bits per heavy atom. The van der Waals surface area contributed by atoms with Gasteiger partial charge in [-0.3, -0.25) is 4.79 Å². The Labute approximate surface area is 115 Å². The van der Waals surface area contributed by atoms with Crippen molar-refractivity contribution in [2.24, 2.45) is 0 Å². The number of morpholine rings is 1. The monoisotopic (exact) mass is 284 g/mol. The second kappa shape index (κ2) is 4.90. The van der Waals surface area contributed by atoms with Crippen LogP contribution in [0.5, 0.6) is 0 Å². The number of thiazole rings is 1. The summed E-state index contributed by atoms with van der Waals surface area (Å²) in [5, 5.41) is 10.4. The van der Waals surface area contributed by atoms with Gasteiger partial charge in [-0.25, -0.2) is 9.78 Å². The number of carbonyl (C=O) groups excluding carboxylic acids is 1. The first-order valence-corrected chi connectivity index (χ1v) is 6.82. The molecule has 104 valence electrons. The topological polar surface area (TPSA) is 79.7 Å². The van der Waals surface area contributed by atoms with Gasteiger partial charge in [0, 0.05) is 18.5 Å². The third kappa shape index (κ3) is 3.10. The van der Waals surface area contributed by atoms with Crippen LogP contribution in [0, 0.1) is 0 Å². The fourth-order valence-electron chi connectivity index (χ4n) is 2.21. The normalized spacial score (nSPS) is 22.3. The molecule has 0 aromatic carbocycles. The van der Waals surface area contributed by atoms with E-state index in [0.717, 1.165) is 11.3 Å². The molecule has 1 atom stereocenters. The molecule has 2 heterocycles. The van der Waals surface area contributed by atoms with Crippen LogP contribution in [-0.2, 0) is 4.74 Å². The Morgan fingerprint density at radius 3 is 2.79 bits per heavy atom. The average Bonchev–Trinajstić information content (AvgIpc) is 2.74. The van der Waals surface area contributed by atoms with Gasteiger partial charge in [0.15, 0.2) is 10.7 Å². The maximum absolute atomic E-state index is 12.3. The first-order chi connectivity index (χ1) is 8.78. The number of carboxylic acids is 1. The Bertz CT molecular complexity index is 512. The number of hydrogen-bond acceptors (Lipinski definition) is 5. The summed E-state index contributed by atoms with van der Waals surface area (Å²) in [6.45, 7) is 6.72. The molecule has 1 aromatic heterocycles. The van der Waals surface area contributed by atoms with E-state index in [2.05, 4.69) is 4.98 Å². The lowest BCUT2D eigenvalue weighted by atomic mass is 10.1. The molecule has 0 radical (unpaired) electrons. The number of ether oxygens (including phenoxy) is 1. The van der Waals surface area contributed by atoms with Crippen LogP contribution in [-0.4, -0.2) is 51.7 Å². The minimum absolute atomic E-state index is 0.0494. The van der Waals surface area contributed by atoms with Gasteiger partial charge >= 0.3 is 5.97 Å². The zero-order valence-electron chi connectivity index (χ0n) is 11.0. The number of rotatable bonds is 2. The molecule has 0 saturated carbocycles. The van der Waals surface area contributed by atoms with E-state index in [1.807, 2.05) is 20.8 Å². The van der Waals surface area contributed by atoms with E-state index >= 15 is 0 Å². The average molecular weight is 284 g/mol. The third-order valence-electron chi connectivity index (χ3n) is 2.76. The summed E-state index contributed by atoms with van der Waals surface area (Å²) in [5.74, 6) is -1.35. The van der Waals surface area contributed by atoms with E-state index < -0.39 is 11.6 Å². The molecule has 1 N–H and O–H groups in total. The zero-order valence-corrected chi connectivity index (χ0v) is 11.9. The molecular formula is C12H16N2O4S. The molecular weight excluding hydrogens is 268 g/mol. The smallest absolute Gasteiger partial charge is 0.355 e. The molecule has 1 unspecified atom stereocenters. The summed E-state index contributed by atoms with van der Waals surface area (Å²) < 4.78 is 5.73. The van der Waals surface area contributed by atoms with E-state index in [1.165, 1.54) is 5.38 Å². The van der Waals surface area contributed by atoms with Crippen LogP contribution in [0.2, 0.25) is 0 Å². The van der Waals surface area contributed by atoms with Gasteiger partial charge in [-0.2, -0.15) is 0 Å². The van der Waals surface area contributed by atoms with E-state index in [9.17, 15) is 9.59 Å². The van der Waals surface area contributed by atoms with Crippen LogP contribution in [0.4, 0.5) is 0 Å². The lowest BCUT2D eigenvalue weighted by Gasteiger charge is -2.41. The van der Waals surface area contributed by atoms with Crippen LogP contribution in [0.15, 0.2) is 5.38 Å². The van der Waals surface area contributed by atoms with Crippen LogP contribution in [0.25, 0.3) is 0 Å². The van der Waals surface area contributed by atoms with E-state index in [1.54, 1.807) is 4.90 Å². The first-order valence-electron chi connectivity index (χ1n) is 5.94. The van der Waals surface area contributed by atoms with Crippen molar-refractivity contribution in [2.75, 3.05) is 13.1 Å². The number of aromatic carboxylic acids is 1. The molecule has 1 amide bonds. The summed E-state index contributed by atoms with van der Waals surface area (Å²) in [6, 6.07) is 0. The zero-order chi connectivity index (χ0) is 14.2. The summed E-state index contributed by atoms with van der Waals surface area (Å²) in [5.41, 5.74) is -0.492. The van der Waals surface area contributed by atoms with Gasteiger partial charge in [0.2, 0.25) is 0 Å². The maximum Gasteiger partial charge on any atom is 0.355 e. The van der Waals surface area contributed by atoms with Gasteiger partial charge in [0.25, 0.3) is 5.91 Å². The van der Waals surface area contributed by atoms with Gasteiger partial charge in [0.1, 0.15) is 0 Å². The fraction of sp³-hybridized carbons (Fsp3) is 0.583. The van der Waals surface area contributed by atoms with E-state index in [-0.39, 0.29) is 22.7 Å². The molecule has 6 nitrogen and oxygen atoms in total. The second-order valence-electron chi connectivity index (χ2n) is 5.22. The van der Waals surface area contributed by atoms with Crippen molar-refractivity contribution in [3.63, 3.8) is 0 Å². The molecule has 2 rings (SSSR count). The standard InChI is InChI=1S/C12H16N2O4S/c1-7-4-14(6-12(2,3)18-7)10(15)9-13-8(5-19-9)11(16)17/h5,7H,4,6H2,1-3H3,(H,16,17). The largest absolute Gasteiger partial charge is 0.476 e. The fourth-order valence-corrected chi connectivity index (χ4v) is 2.97. The van der Waals surface area contributed by atoms with Crippen molar-refractivity contribution >= 4 is 23.2 Å². The lowest BCUT2D eigenvalue weighted by molar-refractivity contribution is -0.118. The second-order valence-corrected chi connectivity index (χ2v) is 6.07. The highest BCUT2D eigenvalue weighted by molar-refractivity contribution is 7.11. The highest BCUT2D eigenvalue weighted by Crippen LogP contribution is 2.23. The van der Waals surface area contributed by atoms with Crippen molar-refractivity contribution < 1.29 is 19.4 Å². The Balaban J connectivity index is 2.16. The molecule has 19 heavy (non-hydrogen) atoms. The molecule has 1 aromatic rings. The van der Waals surface area contributed by atoms with Crippen molar-refractivity contribution in [3.05, 3.63) is 16.1 Å². The van der Waals surface area contributed by atoms with Crippen molar-refractivity contribution in [3.8, 4) is 0 Å². The molecule has 1 saturated heterocycles. The Kier molecular flexibility index (Phi) is 3.60. The minimum atomic E-state index is -1.12. The predicted molar refractivity (Wildman–Crippen MR) is 69.6 cm³/mol. The summed E-state index contributed by atoms with van der Waals surface area (Å²) in [6.07, 6.45) is -0.0494. The molecule has 1 fully saturated rings. The minimum Gasteiger partial charge on any atom is -0.476 e. The number of nitrogens with zero attached hydrogens (tertiary/aromatic N) is 2. The van der Waals surface area contributed by atoms with Crippen LogP contribution in [0.3, 0.4) is 0 Å². The quantitative estimate of drug-likeness (QED) is 0.889. The number of aromatic nitrogens is 1. The molecule has 1 aliphatic heterocycles. The summed E-state index contributed by atoms with van der Waals surface area (Å²) >= 11 is 1.06. The molecule has 0 spiro atoms. The van der Waals surface area contributed by atoms with Crippen LogP contribution < -0.4 is 0 Å². The maximum atomic E-state index is 12.3. The molecule has 0 aliphatic carbocycles. The Morgan fingerprint density at radius 1 is 1.58 bits per heavy atom. The van der Waals surface area contributed by atoms with Gasteiger partial charge in [-0.15, -0.1) is 11.3 Å². The van der Waals surface area contributed by atoms with Gasteiger partial charge < -0.3 is 14.7 Å². The van der Waals surface area contributed by atoms with Gasteiger partial charge in [0.05, 0.1) is 11.7 Å². The van der Waals surface area contributed by atoms with Crippen molar-refractivity contribution in [1.82, 2.24) is 9.88 Å². The lowest BCUT2D eigenvalue weighted by Crippen LogP contribution is -2.53. The highest BCUT2D eigenvalue weighted by Gasteiger charge is 2.35. The summed E-state index contributed by atoms with van der Waals surface area (Å²) in [7, 11) is 0. The SMILES string of the molecule is CC1CN(C(=O)c2nc(C(=O)O)cs2)CC(C)(C)O1. The van der Waals surface area contributed by atoms with Gasteiger partial charge in [-0.05, 0) is 20.8 Å². The predicted octanol–water partition coefficient (Wildman–Crippen LogP) is 1.48. The van der Waals surface area contributed by atoms with Crippen LogP contribution in [0.1, 0.15) is 41.1 Å². The van der Waals surface area contributed by atoms with Crippen LogP contribution >= 0.6 is 11.3 Å². The number of hydrogen-bond donors (Lipinski definition) is 1. The Hall–Kier alpha value is -1.47. The van der Waals surface area contributed by atoms with Crippen molar-refractivity contribution in [2.45, 2.75) is 32.5 Å². The molecule has 0 bridgehead atoms. The number of carbonyl (C=O) groups is 2. The van der Waals surface area contributed by atoms with E-state index in [0.29, 0.717) is 13.1 Å². The highest BCUT2D eigenvalue weighted by atomic mass is 32.1. The van der Waals surface area contributed by atoms with E-state index in [4.69, 9.17) is 9.84 Å². The molecule has 7 heteroatoms. The number of carboxylic acid groups (broad SMARTS) is 1.